The summed E-state index contributed by atoms with van der Waals surface area (Å²) in [4.78, 5) is 51.9. The fourth-order valence-electron chi connectivity index (χ4n) is 8.12. The standard InChI is InChI=1S/C45H48N8O2/c1-50(2)36-24-22-35(23-25-36)44(54)52-26-8-12-39(52)42-46-28-37(48-42)32-18-14-30(15-19-32)31-16-20-33(21-17-31)38-29-47-43(49-38)40-13-9-27-53(40)45(55)41(51(3)4)34-10-6-5-7-11-34/h5-7,10-11,14-25,28-29,39-41H,8-9,12-13,26-27H2,1-4H3,(H,46,48)(H,47,49)/t39-,40-,41+/m0/s1. The number of imidazole rings is 2. The monoisotopic (exact) mass is 732 g/mol. The van der Waals surface area contributed by atoms with Gasteiger partial charge in [-0.1, -0.05) is 78.9 Å². The highest BCUT2D eigenvalue weighted by Gasteiger charge is 2.37. The number of carbonyl (C=O) groups is 2. The lowest BCUT2D eigenvalue weighted by Crippen LogP contribution is -2.40. The van der Waals surface area contributed by atoms with Crippen LogP contribution in [0.5, 0.6) is 0 Å². The number of rotatable bonds is 10. The van der Waals surface area contributed by atoms with Gasteiger partial charge in [-0.2, -0.15) is 0 Å². The lowest BCUT2D eigenvalue weighted by molar-refractivity contribution is -0.137. The number of hydrogen-bond acceptors (Lipinski definition) is 6. The van der Waals surface area contributed by atoms with Gasteiger partial charge in [-0.05, 0) is 91.9 Å². The number of likely N-dealkylation sites (tertiary alicyclic amines) is 2. The zero-order valence-electron chi connectivity index (χ0n) is 31.9. The number of nitrogens with zero attached hydrogens (tertiary/aromatic N) is 6. The van der Waals surface area contributed by atoms with E-state index in [0.717, 1.165) is 95.3 Å². The Morgan fingerprint density at radius 1 is 0.636 bits per heavy atom. The average molecular weight is 733 g/mol. The molecule has 4 aromatic carbocycles. The molecule has 2 amide bonds. The van der Waals surface area contributed by atoms with Gasteiger partial charge in [0.05, 0.1) is 35.9 Å². The van der Waals surface area contributed by atoms with E-state index in [1.807, 2.05) is 115 Å². The second kappa shape index (κ2) is 15.4. The lowest BCUT2D eigenvalue weighted by atomic mass is 10.0. The van der Waals surface area contributed by atoms with Crippen molar-refractivity contribution >= 4 is 17.5 Å². The molecule has 2 aromatic heterocycles. The minimum atomic E-state index is -0.340. The maximum absolute atomic E-state index is 13.9. The molecule has 10 heteroatoms. The molecular formula is C45H48N8O2. The smallest absolute Gasteiger partial charge is 0.254 e. The first kappa shape index (κ1) is 36.0. The molecule has 0 saturated carbocycles. The summed E-state index contributed by atoms with van der Waals surface area (Å²) in [6, 6.07) is 34.3. The summed E-state index contributed by atoms with van der Waals surface area (Å²) >= 11 is 0. The van der Waals surface area contributed by atoms with E-state index >= 15 is 0 Å². The number of anilines is 1. The SMILES string of the molecule is CN(C)c1ccc(C(=O)N2CCC[C@H]2c2ncc(-c3ccc(-c4ccc(-c5cnc([C@@H]6CCCN6C(=O)[C@@H](c6ccccc6)N(C)C)[nH]5)cc4)cc3)[nH]2)cc1. The second-order valence-electron chi connectivity index (χ2n) is 15.1. The third-order valence-electron chi connectivity index (χ3n) is 11.1. The van der Waals surface area contributed by atoms with Gasteiger partial charge in [-0.3, -0.25) is 14.5 Å². The van der Waals surface area contributed by atoms with Crippen LogP contribution in [0.25, 0.3) is 33.6 Å². The molecule has 2 aliphatic rings. The predicted molar refractivity (Wildman–Crippen MR) is 217 cm³/mol. The summed E-state index contributed by atoms with van der Waals surface area (Å²) in [5.41, 5.74) is 8.94. The van der Waals surface area contributed by atoms with Gasteiger partial charge in [0.15, 0.2) is 0 Å². The molecule has 2 N–H and O–H groups in total. The van der Waals surface area contributed by atoms with Crippen molar-refractivity contribution in [3.8, 4) is 33.6 Å². The first-order valence-corrected chi connectivity index (χ1v) is 19.2. The van der Waals surface area contributed by atoms with Crippen molar-refractivity contribution in [3.05, 3.63) is 138 Å². The first-order valence-electron chi connectivity index (χ1n) is 19.2. The average Bonchev–Trinajstić information content (AvgIpc) is 4.05. The maximum Gasteiger partial charge on any atom is 0.254 e. The molecule has 0 bridgehead atoms. The van der Waals surface area contributed by atoms with Crippen molar-refractivity contribution in [2.75, 3.05) is 46.2 Å². The minimum absolute atomic E-state index is 0.0406. The molecule has 4 heterocycles. The van der Waals surface area contributed by atoms with Crippen molar-refractivity contribution in [3.63, 3.8) is 0 Å². The quantitative estimate of drug-likeness (QED) is 0.147. The van der Waals surface area contributed by atoms with Crippen molar-refractivity contribution in [1.29, 1.82) is 0 Å². The van der Waals surface area contributed by atoms with Crippen LogP contribution in [0.2, 0.25) is 0 Å². The van der Waals surface area contributed by atoms with E-state index in [1.54, 1.807) is 0 Å². The molecule has 3 atom stereocenters. The highest BCUT2D eigenvalue weighted by atomic mass is 16.2. The zero-order chi connectivity index (χ0) is 38.1. The van der Waals surface area contributed by atoms with Crippen LogP contribution in [0, 0.1) is 0 Å². The van der Waals surface area contributed by atoms with Gasteiger partial charge in [0.2, 0.25) is 5.91 Å². The fourth-order valence-corrected chi connectivity index (χ4v) is 8.12. The van der Waals surface area contributed by atoms with Gasteiger partial charge in [0.25, 0.3) is 5.91 Å². The lowest BCUT2D eigenvalue weighted by Gasteiger charge is -2.31. The Morgan fingerprint density at radius 3 is 1.64 bits per heavy atom. The van der Waals surface area contributed by atoms with E-state index in [-0.39, 0.29) is 29.9 Å². The third kappa shape index (κ3) is 7.29. The second-order valence-corrected chi connectivity index (χ2v) is 15.1. The van der Waals surface area contributed by atoms with Crippen molar-refractivity contribution in [2.45, 2.75) is 43.8 Å². The Kier molecular flexibility index (Phi) is 10.1. The van der Waals surface area contributed by atoms with E-state index in [2.05, 4.69) is 58.5 Å². The molecule has 8 rings (SSSR count). The van der Waals surface area contributed by atoms with Crippen molar-refractivity contribution < 1.29 is 9.59 Å². The van der Waals surface area contributed by atoms with Crippen LogP contribution in [0.15, 0.2) is 116 Å². The number of aromatic nitrogens is 4. The fraction of sp³-hybridized carbons (Fsp3) is 0.289. The highest BCUT2D eigenvalue weighted by molar-refractivity contribution is 5.95. The predicted octanol–water partition coefficient (Wildman–Crippen LogP) is 8.14. The van der Waals surface area contributed by atoms with E-state index < -0.39 is 0 Å². The summed E-state index contributed by atoms with van der Waals surface area (Å²) < 4.78 is 0. The minimum Gasteiger partial charge on any atom is -0.378 e. The van der Waals surface area contributed by atoms with E-state index in [4.69, 9.17) is 9.97 Å². The molecule has 280 valence electrons. The van der Waals surface area contributed by atoms with Crippen LogP contribution in [-0.2, 0) is 4.79 Å². The van der Waals surface area contributed by atoms with Crippen molar-refractivity contribution in [1.82, 2.24) is 34.6 Å². The van der Waals surface area contributed by atoms with Gasteiger partial charge < -0.3 is 24.7 Å². The van der Waals surface area contributed by atoms with Gasteiger partial charge >= 0.3 is 0 Å². The topological polar surface area (TPSA) is 104 Å². The molecule has 10 nitrogen and oxygen atoms in total. The van der Waals surface area contributed by atoms with Crippen LogP contribution in [0.1, 0.15) is 71.4 Å². The molecule has 2 aliphatic heterocycles. The largest absolute Gasteiger partial charge is 0.378 e. The molecule has 0 aliphatic carbocycles. The molecular weight excluding hydrogens is 685 g/mol. The molecule has 6 aromatic rings. The van der Waals surface area contributed by atoms with Crippen LogP contribution < -0.4 is 4.90 Å². The molecule has 0 unspecified atom stereocenters. The number of H-pyrrole nitrogens is 2. The molecule has 0 spiro atoms. The van der Waals surface area contributed by atoms with Gasteiger partial charge in [-0.15, -0.1) is 0 Å². The van der Waals surface area contributed by atoms with Gasteiger partial charge in [-0.25, -0.2) is 9.97 Å². The van der Waals surface area contributed by atoms with Gasteiger partial charge in [0.1, 0.15) is 17.7 Å². The maximum atomic E-state index is 13.9. The number of aromatic amines is 2. The van der Waals surface area contributed by atoms with Crippen LogP contribution in [-0.4, -0.2) is 87.7 Å². The summed E-state index contributed by atoms with van der Waals surface area (Å²) in [5, 5.41) is 0. The van der Waals surface area contributed by atoms with E-state index in [0.29, 0.717) is 5.56 Å². The molecule has 55 heavy (non-hydrogen) atoms. The van der Waals surface area contributed by atoms with Crippen LogP contribution in [0.3, 0.4) is 0 Å². The Morgan fingerprint density at radius 2 is 1.13 bits per heavy atom. The summed E-state index contributed by atoms with van der Waals surface area (Å²) in [7, 11) is 7.91. The van der Waals surface area contributed by atoms with Crippen LogP contribution in [0.4, 0.5) is 5.69 Å². The molecule has 2 saturated heterocycles. The number of nitrogens with one attached hydrogen (secondary N) is 2. The normalized spacial score (nSPS) is 17.5. The zero-order valence-corrected chi connectivity index (χ0v) is 31.9. The number of benzene rings is 4. The summed E-state index contributed by atoms with van der Waals surface area (Å²) in [5.74, 6) is 1.80. The molecule has 2 fully saturated rings. The number of carbonyl (C=O) groups excluding carboxylic acids is 2. The third-order valence-corrected chi connectivity index (χ3v) is 11.1. The first-order chi connectivity index (χ1) is 26.7. The Hall–Kier alpha value is -6.00. The Labute approximate surface area is 322 Å². The van der Waals surface area contributed by atoms with E-state index in [9.17, 15) is 9.59 Å². The summed E-state index contributed by atoms with van der Waals surface area (Å²) in [6.45, 7) is 1.44. The van der Waals surface area contributed by atoms with Gasteiger partial charge in [0, 0.05) is 38.4 Å². The number of amides is 2. The van der Waals surface area contributed by atoms with E-state index in [1.165, 1.54) is 0 Å². The van der Waals surface area contributed by atoms with Crippen LogP contribution >= 0.6 is 0 Å². The summed E-state index contributed by atoms with van der Waals surface area (Å²) in [6.07, 6.45) is 7.41. The Bertz CT molecular complexity index is 2240. The number of hydrogen-bond donors (Lipinski definition) is 2. The number of likely N-dealkylation sites (N-methyl/N-ethyl adjacent to an activating group) is 1. The molecule has 0 radical (unpaired) electrons. The van der Waals surface area contributed by atoms with Crippen molar-refractivity contribution in [2.24, 2.45) is 0 Å². The highest BCUT2D eigenvalue weighted by Crippen LogP contribution is 2.36. The Balaban J connectivity index is 0.923.